The van der Waals surface area contributed by atoms with Gasteiger partial charge >= 0.3 is 0 Å². The molecule has 0 N–H and O–H groups in total. The second-order valence-electron chi connectivity index (χ2n) is 2.98. The topological polar surface area (TPSA) is 18.5 Å². The van der Waals surface area contributed by atoms with Crippen molar-refractivity contribution >= 4 is 0 Å². The van der Waals surface area contributed by atoms with Gasteiger partial charge in [-0.15, -0.1) is 0 Å². The first-order chi connectivity index (χ1) is 5.33. The van der Waals surface area contributed by atoms with Gasteiger partial charge in [-0.3, -0.25) is 0 Å². The molecule has 2 aliphatic rings. The number of hydrogen-bond acceptors (Lipinski definition) is 2. The highest BCUT2D eigenvalue weighted by molar-refractivity contribution is 5.40. The SMILES string of the molecule is CCC1=C2OCOC2=C(C)C1. The molecule has 1 fully saturated rings. The molecule has 0 spiro atoms. The van der Waals surface area contributed by atoms with Gasteiger partial charge in [0.05, 0.1) is 0 Å². The van der Waals surface area contributed by atoms with Crippen LogP contribution in [0.2, 0.25) is 0 Å². The van der Waals surface area contributed by atoms with Crippen LogP contribution in [0.5, 0.6) is 0 Å². The lowest BCUT2D eigenvalue weighted by Gasteiger charge is -1.98. The summed E-state index contributed by atoms with van der Waals surface area (Å²) in [5.74, 6) is 2.02. The Hall–Kier alpha value is -0.920. The van der Waals surface area contributed by atoms with E-state index >= 15 is 0 Å². The zero-order valence-electron chi connectivity index (χ0n) is 6.94. The van der Waals surface area contributed by atoms with Crippen molar-refractivity contribution in [3.8, 4) is 0 Å². The zero-order valence-corrected chi connectivity index (χ0v) is 6.94. The van der Waals surface area contributed by atoms with Crippen molar-refractivity contribution in [2.75, 3.05) is 6.79 Å². The van der Waals surface area contributed by atoms with Crippen LogP contribution in [-0.4, -0.2) is 6.79 Å². The summed E-state index contributed by atoms with van der Waals surface area (Å²) in [5, 5.41) is 0. The van der Waals surface area contributed by atoms with Crippen LogP contribution in [-0.2, 0) is 9.47 Å². The molecule has 60 valence electrons. The van der Waals surface area contributed by atoms with Gasteiger partial charge in [0.2, 0.25) is 6.79 Å². The second kappa shape index (κ2) is 2.29. The van der Waals surface area contributed by atoms with Crippen LogP contribution >= 0.6 is 0 Å². The monoisotopic (exact) mass is 152 g/mol. The van der Waals surface area contributed by atoms with Crippen molar-refractivity contribution in [3.63, 3.8) is 0 Å². The maximum Gasteiger partial charge on any atom is 0.231 e. The van der Waals surface area contributed by atoms with E-state index in [4.69, 9.17) is 9.47 Å². The molecule has 0 saturated carbocycles. The maximum atomic E-state index is 5.35. The third-order valence-electron chi connectivity index (χ3n) is 2.23. The molecule has 0 aromatic heterocycles. The quantitative estimate of drug-likeness (QED) is 0.574. The summed E-state index contributed by atoms with van der Waals surface area (Å²) in [4.78, 5) is 0. The Bertz CT molecular complexity index is 248. The van der Waals surface area contributed by atoms with Gasteiger partial charge in [-0.1, -0.05) is 6.92 Å². The third kappa shape index (κ3) is 0.854. The molecule has 1 aliphatic carbocycles. The van der Waals surface area contributed by atoms with E-state index in [1.807, 2.05) is 0 Å². The highest BCUT2D eigenvalue weighted by atomic mass is 16.7. The molecule has 2 rings (SSSR count). The Labute approximate surface area is 66.5 Å². The van der Waals surface area contributed by atoms with Gasteiger partial charge in [-0.05, 0) is 30.9 Å². The molecule has 2 nitrogen and oxygen atoms in total. The Morgan fingerprint density at radius 2 is 2.00 bits per heavy atom. The maximum absolute atomic E-state index is 5.35. The highest BCUT2D eigenvalue weighted by Crippen LogP contribution is 2.38. The van der Waals surface area contributed by atoms with Gasteiger partial charge in [0.25, 0.3) is 0 Å². The van der Waals surface area contributed by atoms with E-state index in [1.54, 1.807) is 0 Å². The molecule has 0 amide bonds. The van der Waals surface area contributed by atoms with E-state index < -0.39 is 0 Å². The van der Waals surface area contributed by atoms with Crippen LogP contribution in [0.3, 0.4) is 0 Å². The molecule has 0 radical (unpaired) electrons. The molecule has 2 heteroatoms. The molecule has 11 heavy (non-hydrogen) atoms. The van der Waals surface area contributed by atoms with Crippen LogP contribution in [0.4, 0.5) is 0 Å². The minimum atomic E-state index is 0.408. The summed E-state index contributed by atoms with van der Waals surface area (Å²) in [5.41, 5.74) is 2.70. The average Bonchev–Trinajstić information content (AvgIpc) is 2.54. The van der Waals surface area contributed by atoms with Crippen molar-refractivity contribution in [1.29, 1.82) is 0 Å². The fourth-order valence-electron chi connectivity index (χ4n) is 1.62. The average molecular weight is 152 g/mol. The van der Waals surface area contributed by atoms with E-state index in [0.717, 1.165) is 24.4 Å². The van der Waals surface area contributed by atoms with Gasteiger partial charge in [-0.25, -0.2) is 0 Å². The summed E-state index contributed by atoms with van der Waals surface area (Å²) < 4.78 is 10.7. The van der Waals surface area contributed by atoms with Crippen LogP contribution in [0.25, 0.3) is 0 Å². The molecule has 0 aromatic carbocycles. The predicted octanol–water partition coefficient (Wildman–Crippen LogP) is 2.33. The minimum absolute atomic E-state index is 0.408. The van der Waals surface area contributed by atoms with Crippen molar-refractivity contribution < 1.29 is 9.47 Å². The number of ether oxygens (including phenoxy) is 2. The molecular weight excluding hydrogens is 140 g/mol. The Morgan fingerprint density at radius 1 is 1.27 bits per heavy atom. The Balaban J connectivity index is 2.36. The number of hydrogen-bond donors (Lipinski definition) is 0. The first-order valence-electron chi connectivity index (χ1n) is 4.00. The van der Waals surface area contributed by atoms with Crippen LogP contribution in [0.15, 0.2) is 22.7 Å². The van der Waals surface area contributed by atoms with Gasteiger partial charge in [-0.2, -0.15) is 0 Å². The number of allylic oxidation sites excluding steroid dienone is 2. The lowest BCUT2D eigenvalue weighted by Crippen LogP contribution is -1.85. The standard InChI is InChI=1S/C9H12O2/c1-3-7-4-6(2)8-9(7)11-5-10-8/h3-5H2,1-2H3. The smallest absolute Gasteiger partial charge is 0.231 e. The highest BCUT2D eigenvalue weighted by Gasteiger charge is 2.28. The van der Waals surface area contributed by atoms with Crippen LogP contribution in [0, 0.1) is 0 Å². The summed E-state index contributed by atoms with van der Waals surface area (Å²) in [7, 11) is 0. The molecule has 0 bridgehead atoms. The van der Waals surface area contributed by atoms with Crippen LogP contribution in [0.1, 0.15) is 26.7 Å². The summed E-state index contributed by atoms with van der Waals surface area (Å²) >= 11 is 0. The largest absolute Gasteiger partial charge is 0.454 e. The van der Waals surface area contributed by atoms with Crippen molar-refractivity contribution in [1.82, 2.24) is 0 Å². The van der Waals surface area contributed by atoms with Gasteiger partial charge in [0.15, 0.2) is 11.5 Å². The van der Waals surface area contributed by atoms with Gasteiger partial charge < -0.3 is 9.47 Å². The van der Waals surface area contributed by atoms with E-state index in [9.17, 15) is 0 Å². The van der Waals surface area contributed by atoms with Crippen LogP contribution < -0.4 is 0 Å². The van der Waals surface area contributed by atoms with E-state index in [1.165, 1.54) is 11.1 Å². The Kier molecular flexibility index (Phi) is 1.41. The molecule has 1 aliphatic heterocycles. The van der Waals surface area contributed by atoms with Crippen molar-refractivity contribution in [2.45, 2.75) is 26.7 Å². The van der Waals surface area contributed by atoms with Gasteiger partial charge in [0.1, 0.15) is 0 Å². The molecule has 1 saturated heterocycles. The molecule has 0 aromatic rings. The molecule has 1 heterocycles. The summed E-state index contributed by atoms with van der Waals surface area (Å²) in [6.45, 7) is 4.67. The Morgan fingerprint density at radius 3 is 2.73 bits per heavy atom. The lowest BCUT2D eigenvalue weighted by molar-refractivity contribution is 0.0946. The number of rotatable bonds is 1. The molecule has 0 atom stereocenters. The lowest BCUT2D eigenvalue weighted by atomic mass is 10.1. The second-order valence-corrected chi connectivity index (χ2v) is 2.98. The van der Waals surface area contributed by atoms with Gasteiger partial charge in [0, 0.05) is 0 Å². The third-order valence-corrected chi connectivity index (χ3v) is 2.23. The summed E-state index contributed by atoms with van der Waals surface area (Å²) in [6, 6.07) is 0. The number of fused-ring (bicyclic) bond motifs is 1. The fraction of sp³-hybridized carbons (Fsp3) is 0.556. The molecular formula is C9H12O2. The zero-order chi connectivity index (χ0) is 7.84. The normalized spacial score (nSPS) is 22.0. The predicted molar refractivity (Wildman–Crippen MR) is 41.7 cm³/mol. The first kappa shape index (κ1) is 6.77. The summed E-state index contributed by atoms with van der Waals surface area (Å²) in [6.07, 6.45) is 2.11. The van der Waals surface area contributed by atoms with Crippen molar-refractivity contribution in [3.05, 3.63) is 22.7 Å². The van der Waals surface area contributed by atoms with E-state index in [0.29, 0.717) is 6.79 Å². The van der Waals surface area contributed by atoms with E-state index in [2.05, 4.69) is 13.8 Å². The molecule has 0 unspecified atom stereocenters. The minimum Gasteiger partial charge on any atom is -0.454 e. The first-order valence-corrected chi connectivity index (χ1v) is 4.00. The van der Waals surface area contributed by atoms with E-state index in [-0.39, 0.29) is 0 Å². The van der Waals surface area contributed by atoms with Crippen molar-refractivity contribution in [2.24, 2.45) is 0 Å². The fourth-order valence-corrected chi connectivity index (χ4v) is 1.62.